The number of benzene rings is 1. The van der Waals surface area contributed by atoms with Gasteiger partial charge in [0.05, 0.1) is 25.9 Å². The SMILES string of the molecule is COc1ccc(Oc2cc(C#N)ccn2)cc1OC. The highest BCUT2D eigenvalue weighted by atomic mass is 16.5. The van der Waals surface area contributed by atoms with E-state index in [4.69, 9.17) is 19.5 Å². The van der Waals surface area contributed by atoms with Gasteiger partial charge in [-0.05, 0) is 18.2 Å². The van der Waals surface area contributed by atoms with E-state index in [0.29, 0.717) is 28.7 Å². The third-order valence-corrected chi connectivity index (χ3v) is 2.44. The maximum absolute atomic E-state index is 8.81. The third-order valence-electron chi connectivity index (χ3n) is 2.44. The van der Waals surface area contributed by atoms with Gasteiger partial charge in [-0.15, -0.1) is 0 Å². The zero-order valence-electron chi connectivity index (χ0n) is 10.6. The van der Waals surface area contributed by atoms with Crippen LogP contribution in [0.1, 0.15) is 5.56 Å². The van der Waals surface area contributed by atoms with Crippen molar-refractivity contribution in [3.05, 3.63) is 42.1 Å². The lowest BCUT2D eigenvalue weighted by molar-refractivity contribution is 0.351. The maximum atomic E-state index is 8.81. The summed E-state index contributed by atoms with van der Waals surface area (Å²) in [5, 5.41) is 8.81. The van der Waals surface area contributed by atoms with Crippen molar-refractivity contribution in [2.24, 2.45) is 0 Å². The quantitative estimate of drug-likeness (QED) is 0.841. The molecule has 5 nitrogen and oxygen atoms in total. The molecule has 0 unspecified atom stereocenters. The number of pyridine rings is 1. The molecule has 2 aromatic rings. The maximum Gasteiger partial charge on any atom is 0.220 e. The van der Waals surface area contributed by atoms with Crippen LogP contribution in [0.3, 0.4) is 0 Å². The minimum Gasteiger partial charge on any atom is -0.493 e. The number of hydrogen-bond acceptors (Lipinski definition) is 5. The number of ether oxygens (including phenoxy) is 3. The van der Waals surface area contributed by atoms with E-state index >= 15 is 0 Å². The van der Waals surface area contributed by atoms with E-state index in [1.807, 2.05) is 6.07 Å². The van der Waals surface area contributed by atoms with Crippen LogP contribution < -0.4 is 14.2 Å². The highest BCUT2D eigenvalue weighted by Crippen LogP contribution is 2.32. The van der Waals surface area contributed by atoms with Gasteiger partial charge in [0.15, 0.2) is 11.5 Å². The molecule has 5 heteroatoms. The number of methoxy groups -OCH3 is 2. The van der Waals surface area contributed by atoms with Crippen molar-refractivity contribution in [3.63, 3.8) is 0 Å². The molecule has 0 fully saturated rings. The first-order valence-electron chi connectivity index (χ1n) is 5.53. The standard InChI is InChI=1S/C14H12N2O3/c1-17-12-4-3-11(8-13(12)18-2)19-14-7-10(9-15)5-6-16-14/h3-8H,1-2H3. The average Bonchev–Trinajstić information content (AvgIpc) is 2.47. The first-order valence-corrected chi connectivity index (χ1v) is 5.53. The van der Waals surface area contributed by atoms with Gasteiger partial charge in [0, 0.05) is 18.3 Å². The summed E-state index contributed by atoms with van der Waals surface area (Å²) < 4.78 is 15.9. The molecule has 2 rings (SSSR count). The summed E-state index contributed by atoms with van der Waals surface area (Å²) in [6.07, 6.45) is 1.52. The van der Waals surface area contributed by atoms with Gasteiger partial charge in [-0.2, -0.15) is 5.26 Å². The minimum atomic E-state index is 0.353. The highest BCUT2D eigenvalue weighted by molar-refractivity contribution is 5.46. The molecule has 0 saturated heterocycles. The normalized spacial score (nSPS) is 9.53. The Hall–Kier alpha value is -2.74. The Labute approximate surface area is 111 Å². The fourth-order valence-electron chi connectivity index (χ4n) is 1.54. The second kappa shape index (κ2) is 5.74. The van der Waals surface area contributed by atoms with Gasteiger partial charge in [0.25, 0.3) is 0 Å². The summed E-state index contributed by atoms with van der Waals surface area (Å²) in [7, 11) is 3.12. The lowest BCUT2D eigenvalue weighted by Crippen LogP contribution is -1.92. The van der Waals surface area contributed by atoms with E-state index in [2.05, 4.69) is 4.98 Å². The molecular weight excluding hydrogens is 244 g/mol. The summed E-state index contributed by atoms with van der Waals surface area (Å²) in [6.45, 7) is 0. The van der Waals surface area contributed by atoms with Crippen LogP contribution in [-0.4, -0.2) is 19.2 Å². The van der Waals surface area contributed by atoms with Gasteiger partial charge in [-0.3, -0.25) is 0 Å². The number of rotatable bonds is 4. The van der Waals surface area contributed by atoms with Gasteiger partial charge in [0.1, 0.15) is 5.75 Å². The lowest BCUT2D eigenvalue weighted by atomic mass is 10.3. The predicted octanol–water partition coefficient (Wildman–Crippen LogP) is 2.76. The van der Waals surface area contributed by atoms with Crippen molar-refractivity contribution in [2.75, 3.05) is 14.2 Å². The topological polar surface area (TPSA) is 64.4 Å². The summed E-state index contributed by atoms with van der Waals surface area (Å²) in [5.74, 6) is 2.09. The lowest BCUT2D eigenvalue weighted by Gasteiger charge is -2.10. The second-order valence-corrected chi connectivity index (χ2v) is 3.61. The molecule has 1 aromatic heterocycles. The highest BCUT2D eigenvalue weighted by Gasteiger charge is 2.06. The molecule has 0 aliphatic rings. The molecule has 0 amide bonds. The van der Waals surface area contributed by atoms with E-state index in [9.17, 15) is 0 Å². The first-order chi connectivity index (χ1) is 9.26. The van der Waals surface area contributed by atoms with E-state index in [1.54, 1.807) is 44.6 Å². The Balaban J connectivity index is 2.26. The number of aromatic nitrogens is 1. The molecule has 0 saturated carbocycles. The Morgan fingerprint density at radius 1 is 1.05 bits per heavy atom. The molecule has 0 bridgehead atoms. The molecule has 0 aliphatic carbocycles. The molecule has 1 heterocycles. The van der Waals surface area contributed by atoms with E-state index in [0.717, 1.165) is 0 Å². The van der Waals surface area contributed by atoms with Crippen molar-refractivity contribution < 1.29 is 14.2 Å². The number of hydrogen-bond donors (Lipinski definition) is 0. The van der Waals surface area contributed by atoms with E-state index < -0.39 is 0 Å². The Bertz CT molecular complexity index is 620. The van der Waals surface area contributed by atoms with E-state index in [-0.39, 0.29) is 0 Å². The monoisotopic (exact) mass is 256 g/mol. The number of nitrogens with zero attached hydrogens (tertiary/aromatic N) is 2. The molecule has 0 radical (unpaired) electrons. The van der Waals surface area contributed by atoms with Crippen LogP contribution in [0.15, 0.2) is 36.5 Å². The van der Waals surface area contributed by atoms with Gasteiger partial charge in [-0.25, -0.2) is 4.98 Å². The van der Waals surface area contributed by atoms with Crippen LogP contribution in [0.5, 0.6) is 23.1 Å². The summed E-state index contributed by atoms with van der Waals surface area (Å²) in [4.78, 5) is 4.04. The van der Waals surface area contributed by atoms with Crippen molar-refractivity contribution in [1.82, 2.24) is 4.98 Å². The summed E-state index contributed by atoms with van der Waals surface area (Å²) in [5.41, 5.74) is 0.491. The molecule has 96 valence electrons. The second-order valence-electron chi connectivity index (χ2n) is 3.61. The number of nitriles is 1. The van der Waals surface area contributed by atoms with Crippen LogP contribution in [0.4, 0.5) is 0 Å². The van der Waals surface area contributed by atoms with Crippen LogP contribution in [-0.2, 0) is 0 Å². The van der Waals surface area contributed by atoms with Gasteiger partial charge in [0.2, 0.25) is 5.88 Å². The zero-order valence-corrected chi connectivity index (χ0v) is 10.6. The van der Waals surface area contributed by atoms with Crippen LogP contribution >= 0.6 is 0 Å². The van der Waals surface area contributed by atoms with Crippen LogP contribution in [0, 0.1) is 11.3 Å². The van der Waals surface area contributed by atoms with Crippen LogP contribution in [0.25, 0.3) is 0 Å². The van der Waals surface area contributed by atoms with Gasteiger partial charge < -0.3 is 14.2 Å². The fraction of sp³-hybridized carbons (Fsp3) is 0.143. The van der Waals surface area contributed by atoms with Crippen LogP contribution in [0.2, 0.25) is 0 Å². The van der Waals surface area contributed by atoms with Gasteiger partial charge in [-0.1, -0.05) is 0 Å². The first kappa shape index (κ1) is 12.7. The fourth-order valence-corrected chi connectivity index (χ4v) is 1.54. The Morgan fingerprint density at radius 3 is 2.53 bits per heavy atom. The predicted molar refractivity (Wildman–Crippen MR) is 68.6 cm³/mol. The van der Waals surface area contributed by atoms with E-state index in [1.165, 1.54) is 6.20 Å². The summed E-state index contributed by atoms with van der Waals surface area (Å²) in [6, 6.07) is 10.4. The smallest absolute Gasteiger partial charge is 0.220 e. The summed E-state index contributed by atoms with van der Waals surface area (Å²) >= 11 is 0. The Morgan fingerprint density at radius 2 is 1.84 bits per heavy atom. The van der Waals surface area contributed by atoms with Gasteiger partial charge >= 0.3 is 0 Å². The van der Waals surface area contributed by atoms with Crippen molar-refractivity contribution in [2.45, 2.75) is 0 Å². The molecule has 0 spiro atoms. The molecule has 0 N–H and O–H groups in total. The Kier molecular flexibility index (Phi) is 3.84. The zero-order chi connectivity index (χ0) is 13.7. The molecule has 0 aliphatic heterocycles. The minimum absolute atomic E-state index is 0.353. The third kappa shape index (κ3) is 2.93. The average molecular weight is 256 g/mol. The van der Waals surface area contributed by atoms with Crippen molar-refractivity contribution in [1.29, 1.82) is 5.26 Å². The van der Waals surface area contributed by atoms with Crippen molar-refractivity contribution in [3.8, 4) is 29.2 Å². The largest absolute Gasteiger partial charge is 0.493 e. The molecule has 19 heavy (non-hydrogen) atoms. The molecular formula is C14H12N2O3. The molecule has 1 aromatic carbocycles. The van der Waals surface area contributed by atoms with Crippen molar-refractivity contribution >= 4 is 0 Å². The molecule has 0 atom stereocenters.